The van der Waals surface area contributed by atoms with Crippen LogP contribution in [0.25, 0.3) is 0 Å². The second-order valence-corrected chi connectivity index (χ2v) is 5.28. The van der Waals surface area contributed by atoms with E-state index in [1.165, 1.54) is 6.07 Å². The Morgan fingerprint density at radius 1 is 1.32 bits per heavy atom. The standard InChI is InChI=1S/C14H17F2N3O2S/c15-11-4-3-9(6-12(11)16)19-13(20)8-18-14(22)17-7-10-2-1-5-21-10/h3-4,6,10H,1-2,5,7-8H2,(H,19,20)(H2,17,18,22)/t10-/m1/s1. The van der Waals surface area contributed by atoms with Crippen LogP contribution in [0, 0.1) is 11.6 Å². The number of thiocarbonyl (C=S) groups is 1. The van der Waals surface area contributed by atoms with E-state index in [9.17, 15) is 13.6 Å². The number of rotatable bonds is 5. The summed E-state index contributed by atoms with van der Waals surface area (Å²) in [7, 11) is 0. The zero-order valence-corrected chi connectivity index (χ0v) is 12.6. The summed E-state index contributed by atoms with van der Waals surface area (Å²) < 4.78 is 31.2. The summed E-state index contributed by atoms with van der Waals surface area (Å²) in [5, 5.41) is 8.49. The predicted octanol–water partition coefficient (Wildman–Crippen LogP) is 1.55. The van der Waals surface area contributed by atoms with E-state index in [1.54, 1.807) is 0 Å². The lowest BCUT2D eigenvalue weighted by Crippen LogP contribution is -2.42. The fraction of sp³-hybridized carbons (Fsp3) is 0.429. The van der Waals surface area contributed by atoms with Gasteiger partial charge in [0.2, 0.25) is 5.91 Å². The molecule has 0 saturated carbocycles. The normalized spacial score (nSPS) is 17.1. The van der Waals surface area contributed by atoms with Gasteiger partial charge in [-0.3, -0.25) is 4.79 Å². The Labute approximate surface area is 132 Å². The van der Waals surface area contributed by atoms with Crippen molar-refractivity contribution in [2.75, 3.05) is 25.0 Å². The van der Waals surface area contributed by atoms with Gasteiger partial charge in [-0.2, -0.15) is 0 Å². The molecule has 1 aromatic rings. The maximum absolute atomic E-state index is 13.0. The highest BCUT2D eigenvalue weighted by molar-refractivity contribution is 7.80. The van der Waals surface area contributed by atoms with Crippen LogP contribution in [0.2, 0.25) is 0 Å². The van der Waals surface area contributed by atoms with E-state index in [4.69, 9.17) is 17.0 Å². The Hall–Kier alpha value is -1.80. The van der Waals surface area contributed by atoms with E-state index in [1.807, 2.05) is 0 Å². The number of carbonyl (C=O) groups excluding carboxylic acids is 1. The van der Waals surface area contributed by atoms with Gasteiger partial charge < -0.3 is 20.7 Å². The van der Waals surface area contributed by atoms with Crippen molar-refractivity contribution in [3.63, 3.8) is 0 Å². The molecule has 1 aliphatic heterocycles. The highest BCUT2D eigenvalue weighted by Gasteiger charge is 2.15. The second kappa shape index (κ2) is 8.00. The number of nitrogens with one attached hydrogen (secondary N) is 3. The van der Waals surface area contributed by atoms with Gasteiger partial charge in [-0.1, -0.05) is 0 Å². The Bertz CT molecular complexity index is 551. The zero-order chi connectivity index (χ0) is 15.9. The van der Waals surface area contributed by atoms with Crippen LogP contribution < -0.4 is 16.0 Å². The third kappa shape index (κ3) is 5.19. The lowest BCUT2D eigenvalue weighted by atomic mass is 10.2. The van der Waals surface area contributed by atoms with Crippen molar-refractivity contribution in [1.82, 2.24) is 10.6 Å². The molecule has 1 atom stereocenters. The molecule has 1 fully saturated rings. The third-order valence-corrected chi connectivity index (χ3v) is 3.42. The average molecular weight is 329 g/mol. The minimum atomic E-state index is -1.01. The highest BCUT2D eigenvalue weighted by Crippen LogP contribution is 2.12. The Kier molecular flexibility index (Phi) is 6.02. The van der Waals surface area contributed by atoms with Gasteiger partial charge in [0.1, 0.15) is 0 Å². The lowest BCUT2D eigenvalue weighted by Gasteiger charge is -2.14. The van der Waals surface area contributed by atoms with Gasteiger partial charge in [0, 0.05) is 24.9 Å². The van der Waals surface area contributed by atoms with Crippen LogP contribution in [0.3, 0.4) is 0 Å². The molecule has 5 nitrogen and oxygen atoms in total. The molecule has 1 amide bonds. The van der Waals surface area contributed by atoms with Crippen molar-refractivity contribution in [2.24, 2.45) is 0 Å². The third-order valence-electron chi connectivity index (χ3n) is 3.13. The van der Waals surface area contributed by atoms with Gasteiger partial charge >= 0.3 is 0 Å². The molecular weight excluding hydrogens is 312 g/mol. The van der Waals surface area contributed by atoms with Crippen molar-refractivity contribution < 1.29 is 18.3 Å². The zero-order valence-electron chi connectivity index (χ0n) is 11.8. The summed E-state index contributed by atoms with van der Waals surface area (Å²) in [4.78, 5) is 11.7. The summed E-state index contributed by atoms with van der Waals surface area (Å²) in [6.07, 6.45) is 2.19. The minimum Gasteiger partial charge on any atom is -0.376 e. The molecule has 3 N–H and O–H groups in total. The minimum absolute atomic E-state index is 0.0731. The highest BCUT2D eigenvalue weighted by atomic mass is 32.1. The van der Waals surface area contributed by atoms with E-state index < -0.39 is 17.5 Å². The smallest absolute Gasteiger partial charge is 0.243 e. The van der Waals surface area contributed by atoms with Gasteiger partial charge in [0.05, 0.1) is 12.6 Å². The van der Waals surface area contributed by atoms with Crippen molar-refractivity contribution in [1.29, 1.82) is 0 Å². The van der Waals surface area contributed by atoms with E-state index in [0.717, 1.165) is 31.6 Å². The maximum atomic E-state index is 13.0. The van der Waals surface area contributed by atoms with Gasteiger partial charge in [0.25, 0.3) is 0 Å². The molecule has 0 bridgehead atoms. The molecule has 1 aromatic carbocycles. The van der Waals surface area contributed by atoms with Gasteiger partial charge in [0.15, 0.2) is 16.7 Å². The molecule has 1 saturated heterocycles. The summed E-state index contributed by atoms with van der Waals surface area (Å²) in [5.41, 5.74) is 0.184. The molecule has 0 aliphatic carbocycles. The fourth-order valence-corrected chi connectivity index (χ4v) is 2.17. The van der Waals surface area contributed by atoms with E-state index >= 15 is 0 Å². The molecule has 2 rings (SSSR count). The van der Waals surface area contributed by atoms with Crippen LogP contribution in [-0.2, 0) is 9.53 Å². The van der Waals surface area contributed by atoms with Crippen molar-refractivity contribution in [3.8, 4) is 0 Å². The van der Waals surface area contributed by atoms with E-state index in [0.29, 0.717) is 11.7 Å². The number of hydrogen-bond donors (Lipinski definition) is 3. The number of hydrogen-bond acceptors (Lipinski definition) is 3. The first-order valence-electron chi connectivity index (χ1n) is 6.93. The molecule has 22 heavy (non-hydrogen) atoms. The SMILES string of the molecule is O=C(CNC(=S)NC[C@H]1CCCO1)Nc1ccc(F)c(F)c1. The molecule has 0 radical (unpaired) electrons. The fourth-order valence-electron chi connectivity index (χ4n) is 2.01. The van der Waals surface area contributed by atoms with Gasteiger partial charge in [-0.25, -0.2) is 8.78 Å². The molecule has 0 spiro atoms. The average Bonchev–Trinajstić information content (AvgIpc) is 3.00. The number of ether oxygens (including phenoxy) is 1. The van der Waals surface area contributed by atoms with E-state index in [-0.39, 0.29) is 18.3 Å². The molecule has 8 heteroatoms. The van der Waals surface area contributed by atoms with Crippen LogP contribution in [0.15, 0.2) is 18.2 Å². The Balaban J connectivity index is 1.68. The monoisotopic (exact) mass is 329 g/mol. The molecule has 0 aromatic heterocycles. The summed E-state index contributed by atoms with van der Waals surface area (Å²) in [6, 6.07) is 3.15. The first kappa shape index (κ1) is 16.6. The van der Waals surface area contributed by atoms with Gasteiger partial charge in [-0.05, 0) is 37.2 Å². The summed E-state index contributed by atoms with van der Waals surface area (Å²) >= 11 is 5.04. The van der Waals surface area contributed by atoms with E-state index in [2.05, 4.69) is 16.0 Å². The summed E-state index contributed by atoms with van der Waals surface area (Å²) in [6.45, 7) is 1.29. The number of amides is 1. The Morgan fingerprint density at radius 2 is 2.14 bits per heavy atom. The topological polar surface area (TPSA) is 62.4 Å². The Morgan fingerprint density at radius 3 is 2.82 bits per heavy atom. The number of benzene rings is 1. The molecule has 1 heterocycles. The van der Waals surface area contributed by atoms with Crippen LogP contribution in [-0.4, -0.2) is 36.8 Å². The van der Waals surface area contributed by atoms with Crippen molar-refractivity contribution in [2.45, 2.75) is 18.9 Å². The lowest BCUT2D eigenvalue weighted by molar-refractivity contribution is -0.115. The van der Waals surface area contributed by atoms with Crippen LogP contribution in [0.4, 0.5) is 14.5 Å². The molecule has 120 valence electrons. The first-order valence-corrected chi connectivity index (χ1v) is 7.33. The number of carbonyl (C=O) groups is 1. The molecule has 1 aliphatic rings. The number of halogens is 2. The van der Waals surface area contributed by atoms with Crippen molar-refractivity contribution >= 4 is 28.9 Å². The van der Waals surface area contributed by atoms with Gasteiger partial charge in [-0.15, -0.1) is 0 Å². The van der Waals surface area contributed by atoms with Crippen molar-refractivity contribution in [3.05, 3.63) is 29.8 Å². The molecule has 0 unspecified atom stereocenters. The van der Waals surface area contributed by atoms with Crippen LogP contribution in [0.1, 0.15) is 12.8 Å². The second-order valence-electron chi connectivity index (χ2n) is 4.88. The quantitative estimate of drug-likeness (QED) is 0.716. The maximum Gasteiger partial charge on any atom is 0.243 e. The first-order chi connectivity index (χ1) is 10.5. The largest absolute Gasteiger partial charge is 0.376 e. The number of anilines is 1. The van der Waals surface area contributed by atoms with Crippen LogP contribution >= 0.6 is 12.2 Å². The van der Waals surface area contributed by atoms with Crippen LogP contribution in [0.5, 0.6) is 0 Å². The predicted molar refractivity (Wildman–Crippen MR) is 82.6 cm³/mol. The molecular formula is C14H17F2N3O2S. The summed E-state index contributed by atoms with van der Waals surface area (Å²) in [5.74, 6) is -2.39.